The molecule has 0 atom stereocenters. The fourth-order valence-corrected chi connectivity index (χ4v) is 7.06. The van der Waals surface area contributed by atoms with Crippen LogP contribution in [-0.4, -0.2) is 24.3 Å². The van der Waals surface area contributed by atoms with E-state index in [0.29, 0.717) is 17.5 Å². The van der Waals surface area contributed by atoms with Crippen LogP contribution in [0.4, 0.5) is 0 Å². The lowest BCUT2D eigenvalue weighted by Crippen LogP contribution is -2.00. The molecule has 0 saturated heterocycles. The van der Waals surface area contributed by atoms with Crippen LogP contribution in [0.25, 0.3) is 94.1 Å². The molecule has 218 valence electrons. The van der Waals surface area contributed by atoms with Gasteiger partial charge < -0.3 is 0 Å². The third-order valence-electron chi connectivity index (χ3n) is 9.19. The molecule has 0 bridgehead atoms. The van der Waals surface area contributed by atoms with Crippen molar-refractivity contribution in [2.45, 2.75) is 0 Å². The van der Waals surface area contributed by atoms with E-state index in [2.05, 4.69) is 95.4 Å². The van der Waals surface area contributed by atoms with Crippen molar-refractivity contribution in [3.63, 3.8) is 0 Å². The molecule has 10 aromatic rings. The fourth-order valence-electron chi connectivity index (χ4n) is 7.06. The quantitative estimate of drug-likeness (QED) is 0.190. The second kappa shape index (κ2) is 10.0. The van der Waals surface area contributed by atoms with Crippen molar-refractivity contribution in [2.75, 3.05) is 0 Å². The first-order valence-corrected chi connectivity index (χ1v) is 15.8. The third kappa shape index (κ3) is 3.90. The van der Waals surface area contributed by atoms with Crippen molar-refractivity contribution < 1.29 is 0 Å². The van der Waals surface area contributed by atoms with Gasteiger partial charge in [0.1, 0.15) is 5.65 Å². The van der Waals surface area contributed by atoms with Crippen LogP contribution in [0.5, 0.6) is 0 Å². The van der Waals surface area contributed by atoms with E-state index in [-0.39, 0.29) is 0 Å². The SMILES string of the molecule is c1ccc(-c2nc(-c3ccccc3)nc(-c3ccc4c(c3)c3ccccc3c3nc5c6ccccc6c6ccccc6c5n43)n2)cc1. The molecule has 0 radical (unpaired) electrons. The molecular weight excluding hydrogens is 574 g/mol. The van der Waals surface area contributed by atoms with Crippen molar-refractivity contribution in [1.82, 2.24) is 24.3 Å². The third-order valence-corrected chi connectivity index (χ3v) is 9.19. The number of hydrogen-bond donors (Lipinski definition) is 0. The molecule has 0 aliphatic heterocycles. The van der Waals surface area contributed by atoms with Crippen LogP contribution in [0.2, 0.25) is 0 Å². The molecule has 7 aromatic carbocycles. The van der Waals surface area contributed by atoms with Crippen LogP contribution in [0, 0.1) is 0 Å². The molecular formula is C42H25N5. The molecule has 3 aromatic heterocycles. The van der Waals surface area contributed by atoms with E-state index in [1.54, 1.807) is 0 Å². The Morgan fingerprint density at radius 2 is 0.809 bits per heavy atom. The fraction of sp³-hybridized carbons (Fsp3) is 0. The maximum Gasteiger partial charge on any atom is 0.164 e. The van der Waals surface area contributed by atoms with E-state index >= 15 is 0 Å². The summed E-state index contributed by atoms with van der Waals surface area (Å²) >= 11 is 0. The smallest absolute Gasteiger partial charge is 0.164 e. The van der Waals surface area contributed by atoms with Gasteiger partial charge in [-0.1, -0.05) is 133 Å². The second-order valence-electron chi connectivity index (χ2n) is 11.9. The summed E-state index contributed by atoms with van der Waals surface area (Å²) in [5, 5.41) is 8.15. The molecule has 0 N–H and O–H groups in total. The van der Waals surface area contributed by atoms with Crippen molar-refractivity contribution in [3.8, 4) is 34.2 Å². The Bertz CT molecular complexity index is 2780. The summed E-state index contributed by atoms with van der Waals surface area (Å²) in [4.78, 5) is 20.3. The molecule has 5 heteroatoms. The van der Waals surface area contributed by atoms with Gasteiger partial charge in [-0.3, -0.25) is 4.40 Å². The monoisotopic (exact) mass is 599 g/mol. The Morgan fingerprint density at radius 3 is 1.43 bits per heavy atom. The summed E-state index contributed by atoms with van der Waals surface area (Å²) in [5.41, 5.74) is 7.00. The van der Waals surface area contributed by atoms with Gasteiger partial charge in [-0.2, -0.15) is 0 Å². The minimum absolute atomic E-state index is 0.635. The molecule has 0 saturated carbocycles. The Kier molecular flexibility index (Phi) is 5.51. The maximum atomic E-state index is 5.37. The highest BCUT2D eigenvalue weighted by Crippen LogP contribution is 2.40. The summed E-state index contributed by atoms with van der Waals surface area (Å²) in [7, 11) is 0. The lowest BCUT2D eigenvalue weighted by molar-refractivity contribution is 1.07. The molecule has 5 nitrogen and oxygen atoms in total. The van der Waals surface area contributed by atoms with Gasteiger partial charge in [0.15, 0.2) is 17.5 Å². The van der Waals surface area contributed by atoms with E-state index < -0.39 is 0 Å². The highest BCUT2D eigenvalue weighted by atomic mass is 15.0. The summed E-state index contributed by atoms with van der Waals surface area (Å²) in [6.07, 6.45) is 0. The number of pyridine rings is 1. The minimum atomic E-state index is 0.635. The van der Waals surface area contributed by atoms with E-state index in [1.165, 1.54) is 16.2 Å². The summed E-state index contributed by atoms with van der Waals surface area (Å²) in [6, 6.07) is 52.6. The summed E-state index contributed by atoms with van der Waals surface area (Å²) in [6.45, 7) is 0. The van der Waals surface area contributed by atoms with Crippen LogP contribution >= 0.6 is 0 Å². The number of fused-ring (bicyclic) bond motifs is 13. The van der Waals surface area contributed by atoms with Gasteiger partial charge in [0.25, 0.3) is 0 Å². The molecule has 0 unspecified atom stereocenters. The van der Waals surface area contributed by atoms with Gasteiger partial charge in [-0.05, 0) is 34.4 Å². The number of nitrogens with zero attached hydrogens (tertiary/aromatic N) is 5. The largest absolute Gasteiger partial charge is 0.291 e. The zero-order valence-corrected chi connectivity index (χ0v) is 25.2. The van der Waals surface area contributed by atoms with E-state index in [1.807, 2.05) is 60.7 Å². The molecule has 3 heterocycles. The number of rotatable bonds is 3. The van der Waals surface area contributed by atoms with Crippen molar-refractivity contribution in [2.24, 2.45) is 0 Å². The van der Waals surface area contributed by atoms with Gasteiger partial charge in [-0.25, -0.2) is 19.9 Å². The lowest BCUT2D eigenvalue weighted by atomic mass is 9.99. The number of benzene rings is 7. The van der Waals surface area contributed by atoms with Crippen molar-refractivity contribution in [3.05, 3.63) is 152 Å². The predicted octanol–water partition coefficient (Wildman–Crippen LogP) is 10.3. The van der Waals surface area contributed by atoms with Crippen LogP contribution < -0.4 is 0 Å². The normalized spacial score (nSPS) is 11.8. The van der Waals surface area contributed by atoms with Crippen LogP contribution in [0.1, 0.15) is 0 Å². The average molecular weight is 600 g/mol. The molecule has 47 heavy (non-hydrogen) atoms. The van der Waals surface area contributed by atoms with Crippen molar-refractivity contribution >= 4 is 59.9 Å². The topological polar surface area (TPSA) is 56.0 Å². The Morgan fingerprint density at radius 1 is 0.340 bits per heavy atom. The Hall–Kier alpha value is -6.46. The van der Waals surface area contributed by atoms with Crippen molar-refractivity contribution in [1.29, 1.82) is 0 Å². The zero-order chi connectivity index (χ0) is 30.9. The van der Waals surface area contributed by atoms with Gasteiger partial charge >= 0.3 is 0 Å². The minimum Gasteiger partial charge on any atom is -0.291 e. The molecule has 0 aliphatic carbocycles. The van der Waals surface area contributed by atoms with E-state index in [4.69, 9.17) is 19.9 Å². The number of hydrogen-bond acceptors (Lipinski definition) is 4. The average Bonchev–Trinajstić information content (AvgIpc) is 3.57. The highest BCUT2D eigenvalue weighted by molar-refractivity contribution is 6.26. The van der Waals surface area contributed by atoms with Gasteiger partial charge in [0.05, 0.1) is 16.6 Å². The predicted molar refractivity (Wildman–Crippen MR) is 192 cm³/mol. The molecule has 0 fully saturated rings. The van der Waals surface area contributed by atoms with Crippen LogP contribution in [-0.2, 0) is 0 Å². The second-order valence-corrected chi connectivity index (χ2v) is 11.9. The first-order chi connectivity index (χ1) is 23.3. The molecule has 10 rings (SSSR count). The number of aromatic nitrogens is 5. The molecule has 0 spiro atoms. The number of imidazole rings is 1. The first-order valence-electron chi connectivity index (χ1n) is 15.8. The zero-order valence-electron chi connectivity index (χ0n) is 25.2. The maximum absolute atomic E-state index is 5.37. The standard InChI is InChI=1S/C42H25N5/c1-3-13-26(14-4-1)39-44-40(27-15-5-2-6-16-27)46-41(45-39)28-23-24-36-35(25-28)31-19-9-12-22-34(31)42-43-37-32-20-10-7-17-29(32)30-18-8-11-21-33(30)38(37)47(36)42/h1-25H. The Balaban J connectivity index is 1.31. The lowest BCUT2D eigenvalue weighted by Gasteiger charge is -2.13. The highest BCUT2D eigenvalue weighted by Gasteiger charge is 2.20. The van der Waals surface area contributed by atoms with Crippen LogP contribution in [0.3, 0.4) is 0 Å². The van der Waals surface area contributed by atoms with Gasteiger partial charge in [-0.15, -0.1) is 0 Å². The first kappa shape index (κ1) is 25.8. The molecule has 0 amide bonds. The van der Waals surface area contributed by atoms with E-state index in [9.17, 15) is 0 Å². The Labute approximate surface area is 269 Å². The van der Waals surface area contributed by atoms with Gasteiger partial charge in [0.2, 0.25) is 0 Å². The summed E-state index contributed by atoms with van der Waals surface area (Å²) < 4.78 is 2.35. The van der Waals surface area contributed by atoms with E-state index in [0.717, 1.165) is 60.4 Å². The van der Waals surface area contributed by atoms with Crippen LogP contribution in [0.15, 0.2) is 152 Å². The van der Waals surface area contributed by atoms with Gasteiger partial charge in [0, 0.05) is 38.2 Å². The summed E-state index contributed by atoms with van der Waals surface area (Å²) in [5.74, 6) is 1.93. The molecule has 0 aliphatic rings.